The van der Waals surface area contributed by atoms with Gasteiger partial charge in [-0.1, -0.05) is 55.8 Å². The van der Waals surface area contributed by atoms with Crippen molar-refractivity contribution in [3.63, 3.8) is 0 Å². The summed E-state index contributed by atoms with van der Waals surface area (Å²) in [5.41, 5.74) is 2.31. The third kappa shape index (κ3) is 3.04. The van der Waals surface area contributed by atoms with Crippen molar-refractivity contribution >= 4 is 5.97 Å². The normalized spacial score (nSPS) is 23.9. The zero-order chi connectivity index (χ0) is 18.2. The van der Waals surface area contributed by atoms with E-state index in [0.29, 0.717) is 6.42 Å². The fraction of sp³-hybridized carbons (Fsp3) is 0.409. The van der Waals surface area contributed by atoms with E-state index in [9.17, 15) is 9.90 Å². The van der Waals surface area contributed by atoms with Crippen LogP contribution in [0.15, 0.2) is 58.7 Å². The molecule has 0 aliphatic heterocycles. The van der Waals surface area contributed by atoms with Crippen LogP contribution in [-0.4, -0.2) is 11.1 Å². The summed E-state index contributed by atoms with van der Waals surface area (Å²) < 4.78 is 5.70. The number of carboxylic acids is 1. The maximum atomic E-state index is 12.1. The first kappa shape index (κ1) is 17.5. The molecule has 0 bridgehead atoms. The quantitative estimate of drug-likeness (QED) is 0.745. The van der Waals surface area contributed by atoms with E-state index < -0.39 is 11.4 Å². The lowest BCUT2D eigenvalue weighted by Gasteiger charge is -2.14. The molecule has 1 saturated carbocycles. The van der Waals surface area contributed by atoms with Gasteiger partial charge in [-0.25, -0.2) is 0 Å². The number of carboxylic acid groups (broad SMARTS) is 1. The van der Waals surface area contributed by atoms with Gasteiger partial charge in [0.2, 0.25) is 0 Å². The first-order valence-corrected chi connectivity index (χ1v) is 8.76. The molecule has 2 aromatic rings. The number of carbonyl (C=O) groups is 1. The molecule has 1 fully saturated rings. The average molecular weight is 338 g/mol. The molecular formula is C22H26O3. The minimum Gasteiger partial charge on any atom is -0.481 e. The number of hydrogen-bond donors (Lipinski definition) is 1. The van der Waals surface area contributed by atoms with Gasteiger partial charge in [0.1, 0.15) is 5.76 Å². The molecule has 3 heteroatoms. The molecule has 1 aliphatic rings. The van der Waals surface area contributed by atoms with E-state index in [1.54, 1.807) is 6.26 Å². The van der Waals surface area contributed by atoms with Crippen molar-refractivity contribution in [1.82, 2.24) is 0 Å². The second-order valence-electron chi connectivity index (χ2n) is 7.98. The molecule has 3 nitrogen and oxygen atoms in total. The van der Waals surface area contributed by atoms with Crippen LogP contribution in [0.2, 0.25) is 0 Å². The fourth-order valence-corrected chi connectivity index (χ4v) is 4.13. The molecular weight excluding hydrogens is 312 g/mol. The first-order chi connectivity index (χ1) is 11.8. The van der Waals surface area contributed by atoms with Crippen LogP contribution in [0.3, 0.4) is 0 Å². The largest absolute Gasteiger partial charge is 0.481 e. The Hall–Kier alpha value is -2.29. The lowest BCUT2D eigenvalue weighted by Crippen LogP contribution is -2.24. The summed E-state index contributed by atoms with van der Waals surface area (Å²) in [6, 6.07) is 12.1. The van der Waals surface area contributed by atoms with E-state index in [0.717, 1.165) is 23.3 Å². The van der Waals surface area contributed by atoms with Gasteiger partial charge < -0.3 is 9.52 Å². The van der Waals surface area contributed by atoms with Crippen LogP contribution in [0.25, 0.3) is 0 Å². The van der Waals surface area contributed by atoms with Crippen LogP contribution >= 0.6 is 0 Å². The summed E-state index contributed by atoms with van der Waals surface area (Å²) in [7, 11) is 0. The van der Waals surface area contributed by atoms with Gasteiger partial charge >= 0.3 is 5.97 Å². The molecule has 1 aliphatic carbocycles. The zero-order valence-corrected chi connectivity index (χ0v) is 15.4. The summed E-state index contributed by atoms with van der Waals surface area (Å²) in [6.45, 7) is 8.15. The first-order valence-electron chi connectivity index (χ1n) is 8.76. The number of hydrogen-bond acceptors (Lipinski definition) is 2. The summed E-state index contributed by atoms with van der Waals surface area (Å²) in [5, 5.41) is 9.97. The number of allylic oxidation sites excluding steroid dienone is 2. The Morgan fingerprint density at radius 2 is 1.88 bits per heavy atom. The second-order valence-corrected chi connectivity index (χ2v) is 7.98. The average Bonchev–Trinajstić information content (AvgIpc) is 2.85. The Morgan fingerprint density at radius 3 is 2.48 bits per heavy atom. The highest BCUT2D eigenvalue weighted by Crippen LogP contribution is 2.71. The van der Waals surface area contributed by atoms with Crippen molar-refractivity contribution in [3.8, 4) is 0 Å². The molecule has 0 unspecified atom stereocenters. The van der Waals surface area contributed by atoms with E-state index in [1.165, 1.54) is 5.56 Å². The standard InChI is InChI=1S/C22H26O3/c1-15(2)10-19-21(3,4)22(19,20(23)24)13-17-12-18(25-14-17)11-16-8-6-5-7-9-16/h5-10,12,14,19H,11,13H2,1-4H3,(H,23,24)/t19-,22+/m0/s1. The molecule has 25 heavy (non-hydrogen) atoms. The van der Waals surface area contributed by atoms with Gasteiger partial charge in [-0.05, 0) is 42.9 Å². The van der Waals surface area contributed by atoms with Crippen LogP contribution < -0.4 is 0 Å². The Morgan fingerprint density at radius 1 is 1.20 bits per heavy atom. The maximum absolute atomic E-state index is 12.1. The molecule has 1 heterocycles. The molecule has 132 valence electrons. The topological polar surface area (TPSA) is 50.4 Å². The Bertz CT molecular complexity index is 794. The Balaban J connectivity index is 1.81. The lowest BCUT2D eigenvalue weighted by molar-refractivity contribution is -0.145. The van der Waals surface area contributed by atoms with E-state index in [2.05, 4.69) is 32.1 Å². The van der Waals surface area contributed by atoms with Crippen molar-refractivity contribution in [3.05, 3.63) is 71.2 Å². The number of rotatable bonds is 6. The van der Waals surface area contributed by atoms with Crippen molar-refractivity contribution in [2.45, 2.75) is 40.5 Å². The highest BCUT2D eigenvalue weighted by Gasteiger charge is 2.74. The van der Waals surface area contributed by atoms with Crippen LogP contribution in [0.4, 0.5) is 0 Å². The van der Waals surface area contributed by atoms with E-state index in [1.807, 2.05) is 38.1 Å². The molecule has 0 radical (unpaired) electrons. The van der Waals surface area contributed by atoms with Gasteiger partial charge in [0.05, 0.1) is 11.7 Å². The van der Waals surface area contributed by atoms with E-state index in [4.69, 9.17) is 4.42 Å². The minimum atomic E-state index is -0.752. The van der Waals surface area contributed by atoms with E-state index >= 15 is 0 Å². The SMILES string of the molecule is CC(C)=C[C@H]1C(C)(C)[C@@]1(Cc1coc(Cc2ccccc2)c1)C(=O)O. The molecule has 2 atom stereocenters. The number of aliphatic carboxylic acids is 1. The Kier molecular flexibility index (Phi) is 4.36. The van der Waals surface area contributed by atoms with Crippen LogP contribution in [0.1, 0.15) is 44.6 Å². The number of furan rings is 1. The fourth-order valence-electron chi connectivity index (χ4n) is 4.13. The van der Waals surface area contributed by atoms with Crippen molar-refractivity contribution < 1.29 is 14.3 Å². The summed E-state index contributed by atoms with van der Waals surface area (Å²) in [5.74, 6) is 0.208. The van der Waals surface area contributed by atoms with Crippen molar-refractivity contribution in [1.29, 1.82) is 0 Å². The summed E-state index contributed by atoms with van der Waals surface area (Å²) in [4.78, 5) is 12.1. The third-order valence-electron chi connectivity index (χ3n) is 5.67. The van der Waals surface area contributed by atoms with Crippen LogP contribution in [0.5, 0.6) is 0 Å². The van der Waals surface area contributed by atoms with Crippen molar-refractivity contribution in [2.75, 3.05) is 0 Å². The second kappa shape index (κ2) is 6.21. The van der Waals surface area contributed by atoms with Gasteiger partial charge in [0, 0.05) is 12.3 Å². The van der Waals surface area contributed by atoms with Crippen LogP contribution in [-0.2, 0) is 17.6 Å². The van der Waals surface area contributed by atoms with Crippen molar-refractivity contribution in [2.24, 2.45) is 16.7 Å². The zero-order valence-electron chi connectivity index (χ0n) is 15.4. The van der Waals surface area contributed by atoms with Gasteiger partial charge in [-0.3, -0.25) is 4.79 Å². The van der Waals surface area contributed by atoms with Gasteiger partial charge in [0.15, 0.2) is 0 Å². The highest BCUT2D eigenvalue weighted by atomic mass is 16.4. The molecule has 0 saturated heterocycles. The lowest BCUT2D eigenvalue weighted by atomic mass is 9.89. The van der Waals surface area contributed by atoms with Gasteiger partial charge in [-0.15, -0.1) is 0 Å². The summed E-state index contributed by atoms with van der Waals surface area (Å²) >= 11 is 0. The summed E-state index contributed by atoms with van der Waals surface area (Å²) in [6.07, 6.45) is 5.06. The predicted octanol–water partition coefficient (Wildman–Crippen LogP) is 5.11. The maximum Gasteiger partial charge on any atom is 0.311 e. The smallest absolute Gasteiger partial charge is 0.311 e. The molecule has 3 rings (SSSR count). The van der Waals surface area contributed by atoms with Gasteiger partial charge in [-0.2, -0.15) is 0 Å². The van der Waals surface area contributed by atoms with Gasteiger partial charge in [0.25, 0.3) is 0 Å². The predicted molar refractivity (Wildman–Crippen MR) is 98.4 cm³/mol. The molecule has 0 amide bonds. The molecule has 1 aromatic heterocycles. The minimum absolute atomic E-state index is 0.0509. The molecule has 1 aromatic carbocycles. The van der Waals surface area contributed by atoms with Crippen LogP contribution in [0, 0.1) is 16.7 Å². The number of benzene rings is 1. The highest BCUT2D eigenvalue weighted by molar-refractivity contribution is 5.82. The third-order valence-corrected chi connectivity index (χ3v) is 5.67. The Labute approximate surface area is 149 Å². The molecule has 1 N–H and O–H groups in total. The monoisotopic (exact) mass is 338 g/mol. The molecule has 0 spiro atoms. The van der Waals surface area contributed by atoms with E-state index in [-0.39, 0.29) is 11.3 Å².